The summed E-state index contributed by atoms with van der Waals surface area (Å²) in [6.45, 7) is 1.90. The van der Waals surface area contributed by atoms with Crippen LogP contribution in [0.25, 0.3) is 0 Å². The summed E-state index contributed by atoms with van der Waals surface area (Å²) in [5.41, 5.74) is 3.14. The molecule has 1 saturated heterocycles. The highest BCUT2D eigenvalue weighted by Gasteiger charge is 2.49. The molecule has 5 amide bonds. The number of carbonyl (C=O) groups excluding carboxylic acids is 5. The van der Waals surface area contributed by atoms with E-state index in [1.54, 1.807) is 30.3 Å². The van der Waals surface area contributed by atoms with Crippen LogP contribution in [-0.2, 0) is 30.4 Å². The lowest BCUT2D eigenvalue weighted by Gasteiger charge is -2.31. The van der Waals surface area contributed by atoms with Crippen molar-refractivity contribution in [1.82, 2.24) is 25.5 Å². The number of ether oxygens (including phenoxy) is 3. The molecule has 4 heterocycles. The van der Waals surface area contributed by atoms with Crippen molar-refractivity contribution in [2.45, 2.75) is 69.5 Å². The van der Waals surface area contributed by atoms with Crippen molar-refractivity contribution in [3.8, 4) is 5.75 Å². The van der Waals surface area contributed by atoms with Crippen molar-refractivity contribution in [2.75, 3.05) is 80.7 Å². The van der Waals surface area contributed by atoms with Crippen LogP contribution >= 0.6 is 0 Å². The maximum Gasteiger partial charge on any atom is 0.342 e. The number of hydrogen-bond acceptors (Lipinski definition) is 13. The van der Waals surface area contributed by atoms with E-state index in [0.29, 0.717) is 61.8 Å². The third-order valence-corrected chi connectivity index (χ3v) is 11.1. The number of benzene rings is 2. The van der Waals surface area contributed by atoms with Gasteiger partial charge in [-0.3, -0.25) is 29.3 Å². The number of nitrogens with one attached hydrogen (secondary N) is 4. The Labute approximate surface area is 345 Å². The molecule has 0 bridgehead atoms. The van der Waals surface area contributed by atoms with Crippen molar-refractivity contribution in [2.24, 2.45) is 0 Å². The quantitative estimate of drug-likeness (QED) is 0.114. The minimum absolute atomic E-state index is 0.118. The summed E-state index contributed by atoms with van der Waals surface area (Å²) < 4.78 is 46.9. The SMILES string of the molecule is COc1cc(C(=O)NCCOCCCOCCNc2cccc3c2CN(C2CCC(=O)NC2=O)C3=O)ccc1Nc1ncc2c(n1)N(C1CCCC1)CC(F)(F)C(=O)N2C. The monoisotopic (exact) mass is 833 g/mol. The zero-order valence-corrected chi connectivity index (χ0v) is 33.6. The molecule has 17 nitrogen and oxygen atoms in total. The molecule has 0 spiro atoms. The van der Waals surface area contributed by atoms with Gasteiger partial charge in [-0.05, 0) is 56.0 Å². The molecule has 1 aromatic heterocycles. The number of hydrogen-bond donors (Lipinski definition) is 4. The van der Waals surface area contributed by atoms with Crippen LogP contribution in [0.15, 0.2) is 42.6 Å². The highest BCUT2D eigenvalue weighted by Crippen LogP contribution is 2.40. The molecule has 1 unspecified atom stereocenters. The van der Waals surface area contributed by atoms with Crippen molar-refractivity contribution in [1.29, 1.82) is 0 Å². The van der Waals surface area contributed by atoms with Crippen LogP contribution in [0.1, 0.15) is 71.2 Å². The van der Waals surface area contributed by atoms with Gasteiger partial charge in [0.1, 0.15) is 17.5 Å². The van der Waals surface area contributed by atoms with Gasteiger partial charge in [0, 0.05) is 74.7 Å². The van der Waals surface area contributed by atoms with Gasteiger partial charge in [0.05, 0.1) is 38.8 Å². The lowest BCUT2D eigenvalue weighted by atomic mass is 10.0. The first-order chi connectivity index (χ1) is 28.9. The van der Waals surface area contributed by atoms with Crippen LogP contribution < -0.4 is 35.8 Å². The maximum absolute atomic E-state index is 15.0. The van der Waals surface area contributed by atoms with Gasteiger partial charge in [-0.1, -0.05) is 18.9 Å². The van der Waals surface area contributed by atoms with Gasteiger partial charge < -0.3 is 44.9 Å². The fourth-order valence-corrected chi connectivity index (χ4v) is 7.98. The number of carbonyl (C=O) groups is 5. The zero-order chi connectivity index (χ0) is 42.4. The molecule has 1 atom stereocenters. The number of anilines is 5. The van der Waals surface area contributed by atoms with Crippen LogP contribution in [0.3, 0.4) is 0 Å². The summed E-state index contributed by atoms with van der Waals surface area (Å²) >= 11 is 0. The first-order valence-electron chi connectivity index (χ1n) is 20.1. The van der Waals surface area contributed by atoms with E-state index in [1.165, 1.54) is 30.2 Å². The van der Waals surface area contributed by atoms with E-state index in [4.69, 9.17) is 14.2 Å². The Hall–Kier alpha value is -5.95. The van der Waals surface area contributed by atoms with Crippen molar-refractivity contribution in [3.05, 3.63) is 59.3 Å². The van der Waals surface area contributed by atoms with Crippen LogP contribution in [0.5, 0.6) is 5.75 Å². The number of piperidine rings is 1. The standard InChI is InChI=1S/C41H49F2N9O8/c1-50-32-22-46-40(49-35(32)52(26-7-3-4-8-26)24-41(42,43)39(50)57)47-30-12-11-25(21-33(30)58-2)36(54)45-16-20-60-18-6-17-59-19-15-44-29-10-5-9-27-28(29)23-51(38(27)56)31-13-14-34(53)48-37(31)55/h5,9-12,21-22,26,31,44H,3-4,6-8,13-20,23-24H2,1-2H3,(H,45,54)(H,46,47,49)(H,48,53,55). The summed E-state index contributed by atoms with van der Waals surface area (Å²) in [5.74, 6) is -5.52. The molecular weight excluding hydrogens is 785 g/mol. The Morgan fingerprint density at radius 3 is 2.48 bits per heavy atom. The predicted molar refractivity (Wildman–Crippen MR) is 216 cm³/mol. The zero-order valence-electron chi connectivity index (χ0n) is 33.6. The maximum atomic E-state index is 15.0. The van der Waals surface area contributed by atoms with E-state index < -0.39 is 30.3 Å². The molecule has 4 N–H and O–H groups in total. The van der Waals surface area contributed by atoms with E-state index in [-0.39, 0.29) is 67.3 Å². The number of aromatic nitrogens is 2. The van der Waals surface area contributed by atoms with Crippen molar-refractivity contribution < 1.29 is 47.0 Å². The third kappa shape index (κ3) is 9.26. The second kappa shape index (κ2) is 18.5. The van der Waals surface area contributed by atoms with Gasteiger partial charge in [0.25, 0.3) is 17.7 Å². The Kier molecular flexibility index (Phi) is 13.0. The predicted octanol–water partition coefficient (Wildman–Crippen LogP) is 3.62. The molecule has 3 aromatic rings. The number of imide groups is 1. The fourth-order valence-electron chi connectivity index (χ4n) is 7.98. The Morgan fingerprint density at radius 2 is 1.73 bits per heavy atom. The van der Waals surface area contributed by atoms with Crippen LogP contribution in [-0.4, -0.2) is 123 Å². The van der Waals surface area contributed by atoms with E-state index >= 15 is 0 Å². The molecule has 3 aliphatic heterocycles. The van der Waals surface area contributed by atoms with Crippen LogP contribution in [0.2, 0.25) is 0 Å². The van der Waals surface area contributed by atoms with Gasteiger partial charge in [0.15, 0.2) is 5.82 Å². The van der Waals surface area contributed by atoms with Crippen LogP contribution in [0.4, 0.5) is 37.6 Å². The van der Waals surface area contributed by atoms with Crippen LogP contribution in [0, 0.1) is 0 Å². The van der Waals surface area contributed by atoms with Gasteiger partial charge >= 0.3 is 5.92 Å². The highest BCUT2D eigenvalue weighted by molar-refractivity contribution is 6.06. The molecule has 1 saturated carbocycles. The van der Waals surface area contributed by atoms with E-state index in [2.05, 4.69) is 31.2 Å². The molecule has 60 heavy (non-hydrogen) atoms. The number of halogens is 2. The van der Waals surface area contributed by atoms with Gasteiger partial charge in [-0.2, -0.15) is 13.8 Å². The lowest BCUT2D eigenvalue weighted by Crippen LogP contribution is -2.52. The second-order valence-electron chi connectivity index (χ2n) is 15.1. The first kappa shape index (κ1) is 42.2. The largest absolute Gasteiger partial charge is 0.495 e. The molecular formula is C41H49F2N9O8. The summed E-state index contributed by atoms with van der Waals surface area (Å²) in [4.78, 5) is 75.4. The molecule has 0 radical (unpaired) electrons. The molecule has 1 aliphatic carbocycles. The van der Waals surface area contributed by atoms with Gasteiger partial charge in [0.2, 0.25) is 17.8 Å². The third-order valence-electron chi connectivity index (χ3n) is 11.1. The molecule has 19 heteroatoms. The van der Waals surface area contributed by atoms with Gasteiger partial charge in [-0.25, -0.2) is 4.98 Å². The number of amides is 5. The number of alkyl halides is 2. The molecule has 2 aromatic carbocycles. The Balaban J connectivity index is 0.814. The average Bonchev–Trinajstić information content (AvgIpc) is 3.89. The van der Waals surface area contributed by atoms with Gasteiger partial charge in [-0.15, -0.1) is 0 Å². The first-order valence-corrected chi connectivity index (χ1v) is 20.1. The molecule has 320 valence electrons. The fraction of sp³-hybridized carbons (Fsp3) is 0.488. The Morgan fingerprint density at radius 1 is 0.967 bits per heavy atom. The lowest BCUT2D eigenvalue weighted by molar-refractivity contribution is -0.140. The normalized spacial score (nSPS) is 18.9. The summed E-state index contributed by atoms with van der Waals surface area (Å²) in [7, 11) is 2.75. The minimum Gasteiger partial charge on any atom is -0.495 e. The molecule has 4 aliphatic rings. The van der Waals surface area contributed by atoms with E-state index in [1.807, 2.05) is 6.07 Å². The van der Waals surface area contributed by atoms with E-state index in [9.17, 15) is 32.8 Å². The molecule has 7 rings (SSSR count). The minimum atomic E-state index is -3.59. The Bertz CT molecular complexity index is 2120. The smallest absolute Gasteiger partial charge is 0.342 e. The molecule has 2 fully saturated rings. The number of methoxy groups -OCH3 is 1. The van der Waals surface area contributed by atoms with Crippen molar-refractivity contribution >= 4 is 58.4 Å². The number of rotatable bonds is 17. The topological polar surface area (TPSA) is 197 Å². The number of fused-ring (bicyclic) bond motifs is 2. The highest BCUT2D eigenvalue weighted by atomic mass is 19.3. The summed E-state index contributed by atoms with van der Waals surface area (Å²) in [6.07, 6.45) is 5.77. The summed E-state index contributed by atoms with van der Waals surface area (Å²) in [5, 5.41) is 11.5. The second-order valence-corrected chi connectivity index (χ2v) is 15.1. The average molecular weight is 834 g/mol. The summed E-state index contributed by atoms with van der Waals surface area (Å²) in [6, 6.07) is 9.37. The van der Waals surface area contributed by atoms with E-state index in [0.717, 1.165) is 41.8 Å². The number of nitrogens with zero attached hydrogens (tertiary/aromatic N) is 5. The van der Waals surface area contributed by atoms with Crippen molar-refractivity contribution in [3.63, 3.8) is 0 Å².